The van der Waals surface area contributed by atoms with Crippen LogP contribution in [-0.2, 0) is 19.1 Å². The van der Waals surface area contributed by atoms with Gasteiger partial charge in [0, 0.05) is 23.0 Å². The lowest BCUT2D eigenvalue weighted by molar-refractivity contribution is -0.130. The third-order valence-electron chi connectivity index (χ3n) is 7.04. The number of fused-ring (bicyclic) bond motifs is 2. The lowest BCUT2D eigenvalue weighted by Gasteiger charge is -2.16. The molecule has 0 saturated carbocycles. The number of aliphatic hydroxyl groups is 1. The monoisotopic (exact) mass is 664 g/mol. The maximum absolute atomic E-state index is 12.9. The molecule has 2 aromatic carbocycles. The summed E-state index contributed by atoms with van der Waals surface area (Å²) in [7, 11) is 0. The number of hydrogen-bond donors (Lipinski definition) is 1. The number of hydrogen-bond acceptors (Lipinski definition) is 13. The molecule has 0 aliphatic rings. The maximum Gasteiger partial charge on any atom is 0.374 e. The molecule has 13 heteroatoms. The van der Waals surface area contributed by atoms with Crippen LogP contribution in [0.3, 0.4) is 0 Å². The average molecular weight is 665 g/mol. The van der Waals surface area contributed by atoms with Crippen molar-refractivity contribution in [3.05, 3.63) is 80.5 Å². The number of carbonyl (C=O) groups is 4. The maximum atomic E-state index is 12.9. The molecule has 1 N–H and O–H groups in total. The summed E-state index contributed by atoms with van der Waals surface area (Å²) in [4.78, 5) is 74.9. The Labute approximate surface area is 274 Å². The van der Waals surface area contributed by atoms with Crippen LogP contribution < -0.4 is 20.3 Å². The van der Waals surface area contributed by atoms with Crippen molar-refractivity contribution in [2.24, 2.45) is 10.8 Å². The van der Waals surface area contributed by atoms with Crippen LogP contribution >= 0.6 is 0 Å². The molecule has 0 fully saturated rings. The van der Waals surface area contributed by atoms with E-state index in [0.717, 1.165) is 12.1 Å². The first kappa shape index (κ1) is 35.6. The van der Waals surface area contributed by atoms with E-state index >= 15 is 0 Å². The molecule has 0 radical (unpaired) electrons. The zero-order valence-electron chi connectivity index (χ0n) is 27.4. The number of rotatable bonds is 12. The summed E-state index contributed by atoms with van der Waals surface area (Å²) in [5.74, 6) is -3.21. The second-order valence-corrected chi connectivity index (χ2v) is 13.0. The van der Waals surface area contributed by atoms with Crippen LogP contribution in [0.2, 0.25) is 0 Å². The van der Waals surface area contributed by atoms with E-state index in [-0.39, 0.29) is 69.7 Å². The van der Waals surface area contributed by atoms with Gasteiger partial charge in [-0.15, -0.1) is 0 Å². The van der Waals surface area contributed by atoms with Crippen molar-refractivity contribution in [3.63, 3.8) is 0 Å². The summed E-state index contributed by atoms with van der Waals surface area (Å²) in [6, 6.07) is 10.7. The minimum absolute atomic E-state index is 0.0108. The quantitative estimate of drug-likeness (QED) is 0.212. The fourth-order valence-electron chi connectivity index (χ4n) is 4.06. The van der Waals surface area contributed by atoms with Gasteiger partial charge in [-0.25, -0.2) is 9.59 Å². The second-order valence-electron chi connectivity index (χ2n) is 13.0. The van der Waals surface area contributed by atoms with Gasteiger partial charge < -0.3 is 32.9 Å². The summed E-state index contributed by atoms with van der Waals surface area (Å²) >= 11 is 0. The van der Waals surface area contributed by atoms with E-state index in [1.165, 1.54) is 36.4 Å². The fourth-order valence-corrected chi connectivity index (χ4v) is 4.06. The second kappa shape index (κ2) is 14.2. The highest BCUT2D eigenvalue weighted by atomic mass is 16.6. The standard InChI is InChI=1S/C35H36O13/c1-34(2,3)28(39)17-45-32(41)26-13-20(37)30-22(9-7-11-24(30)47-26)43-15-19(36)16-44-23-10-8-12-25-31(23)21(38)14-27(48-25)33(42)46-18-29(40)35(4,5)6/h7-14,19,36H,15-18H2,1-6H3. The average Bonchev–Trinajstić information content (AvgIpc) is 3.02. The molecular weight excluding hydrogens is 628 g/mol. The van der Waals surface area contributed by atoms with Crippen LogP contribution in [0.25, 0.3) is 21.9 Å². The molecule has 4 aromatic rings. The Morgan fingerprint density at radius 3 is 1.40 bits per heavy atom. The van der Waals surface area contributed by atoms with Crippen molar-refractivity contribution >= 4 is 45.4 Å². The third kappa shape index (κ3) is 8.53. The molecular formula is C35H36O13. The van der Waals surface area contributed by atoms with E-state index < -0.39 is 52.9 Å². The molecule has 254 valence electrons. The zero-order chi connectivity index (χ0) is 35.4. The van der Waals surface area contributed by atoms with Gasteiger partial charge in [-0.1, -0.05) is 53.7 Å². The highest BCUT2D eigenvalue weighted by Gasteiger charge is 2.26. The summed E-state index contributed by atoms with van der Waals surface area (Å²) in [5.41, 5.74) is -2.62. The Kier molecular flexibility index (Phi) is 10.5. The minimum atomic E-state index is -1.24. The molecule has 48 heavy (non-hydrogen) atoms. The van der Waals surface area contributed by atoms with Gasteiger partial charge in [0.2, 0.25) is 11.5 Å². The van der Waals surface area contributed by atoms with Crippen LogP contribution in [-0.4, -0.2) is 61.1 Å². The third-order valence-corrected chi connectivity index (χ3v) is 7.04. The Hall–Kier alpha value is -5.30. The molecule has 0 spiro atoms. The fraction of sp³-hybridized carbons (Fsp3) is 0.371. The normalized spacial score (nSPS) is 11.8. The number of benzene rings is 2. The van der Waals surface area contributed by atoms with E-state index in [1.807, 2.05) is 0 Å². The predicted molar refractivity (Wildman–Crippen MR) is 171 cm³/mol. The minimum Gasteiger partial charge on any atom is -0.490 e. The van der Waals surface area contributed by atoms with Gasteiger partial charge in [-0.2, -0.15) is 0 Å². The van der Waals surface area contributed by atoms with Crippen molar-refractivity contribution in [3.8, 4) is 11.5 Å². The van der Waals surface area contributed by atoms with Crippen molar-refractivity contribution in [2.45, 2.75) is 47.6 Å². The summed E-state index contributed by atoms with van der Waals surface area (Å²) in [6.07, 6.45) is -1.24. The first-order chi connectivity index (χ1) is 22.5. The SMILES string of the molecule is CC(C)(C)C(=O)COC(=O)c1cc(=O)c2c(OCC(O)COc3cccc4oc(C(=O)OCC(=O)C(C)(C)C)cc(=O)c34)cccc2o1. The van der Waals surface area contributed by atoms with Gasteiger partial charge in [-0.05, 0) is 24.3 Å². The van der Waals surface area contributed by atoms with Crippen molar-refractivity contribution in [2.75, 3.05) is 26.4 Å². The Morgan fingerprint density at radius 1 is 0.667 bits per heavy atom. The molecule has 0 aliphatic heterocycles. The molecule has 0 amide bonds. The van der Waals surface area contributed by atoms with E-state index in [1.54, 1.807) is 41.5 Å². The number of esters is 2. The molecule has 4 rings (SSSR count). The van der Waals surface area contributed by atoms with Crippen molar-refractivity contribution < 1.29 is 52.1 Å². The predicted octanol–water partition coefficient (Wildman–Crippen LogP) is 4.26. The van der Waals surface area contributed by atoms with E-state index in [9.17, 15) is 33.9 Å². The van der Waals surface area contributed by atoms with E-state index in [4.69, 9.17) is 27.8 Å². The van der Waals surface area contributed by atoms with Gasteiger partial charge in [0.1, 0.15) is 52.8 Å². The van der Waals surface area contributed by atoms with Gasteiger partial charge >= 0.3 is 11.9 Å². The van der Waals surface area contributed by atoms with Gasteiger partial charge in [0.15, 0.2) is 35.6 Å². The lowest BCUT2D eigenvalue weighted by Crippen LogP contribution is -2.26. The molecule has 0 bridgehead atoms. The first-order valence-corrected chi connectivity index (χ1v) is 14.9. The molecule has 0 atom stereocenters. The molecule has 2 aromatic heterocycles. The zero-order valence-corrected chi connectivity index (χ0v) is 27.4. The molecule has 0 saturated heterocycles. The number of ether oxygens (including phenoxy) is 4. The van der Waals surface area contributed by atoms with Crippen molar-refractivity contribution in [1.82, 2.24) is 0 Å². The van der Waals surface area contributed by atoms with Crippen LogP contribution in [0, 0.1) is 10.8 Å². The number of aliphatic hydroxyl groups excluding tert-OH is 1. The van der Waals surface area contributed by atoms with E-state index in [2.05, 4.69) is 0 Å². The van der Waals surface area contributed by atoms with Crippen LogP contribution in [0.1, 0.15) is 62.7 Å². The Balaban J connectivity index is 1.41. The summed E-state index contributed by atoms with van der Waals surface area (Å²) in [6.45, 7) is 8.48. The van der Waals surface area contributed by atoms with Crippen LogP contribution in [0.15, 0.2) is 67.0 Å². The molecule has 13 nitrogen and oxygen atoms in total. The van der Waals surface area contributed by atoms with Gasteiger partial charge in [-0.3, -0.25) is 19.2 Å². The van der Waals surface area contributed by atoms with E-state index in [0.29, 0.717) is 0 Å². The number of ketones is 2. The number of carbonyl (C=O) groups excluding carboxylic acids is 4. The van der Waals surface area contributed by atoms with Crippen molar-refractivity contribution in [1.29, 1.82) is 0 Å². The number of Topliss-reactive ketones (excluding diaryl/α,β-unsaturated/α-hetero) is 2. The Bertz CT molecular complexity index is 1840. The largest absolute Gasteiger partial charge is 0.490 e. The summed E-state index contributed by atoms with van der Waals surface area (Å²) in [5, 5.41) is 10.6. The summed E-state index contributed by atoms with van der Waals surface area (Å²) < 4.78 is 32.5. The van der Waals surface area contributed by atoms with Crippen LogP contribution in [0.4, 0.5) is 0 Å². The topological polar surface area (TPSA) is 186 Å². The van der Waals surface area contributed by atoms with Gasteiger partial charge in [0.05, 0.1) is 0 Å². The van der Waals surface area contributed by atoms with Crippen LogP contribution in [0.5, 0.6) is 11.5 Å². The highest BCUT2D eigenvalue weighted by Crippen LogP contribution is 2.26. The lowest BCUT2D eigenvalue weighted by atomic mass is 9.91. The Morgan fingerprint density at radius 2 is 1.04 bits per heavy atom. The highest BCUT2D eigenvalue weighted by molar-refractivity contribution is 5.94. The molecule has 0 aliphatic carbocycles. The first-order valence-electron chi connectivity index (χ1n) is 14.9. The smallest absolute Gasteiger partial charge is 0.374 e. The van der Waals surface area contributed by atoms with Gasteiger partial charge in [0.25, 0.3) is 0 Å². The molecule has 2 heterocycles. The molecule has 0 unspecified atom stereocenters.